The summed E-state index contributed by atoms with van der Waals surface area (Å²) >= 11 is 0. The van der Waals surface area contributed by atoms with Crippen molar-refractivity contribution in [3.05, 3.63) is 82.6 Å². The van der Waals surface area contributed by atoms with Crippen LogP contribution in [-0.4, -0.2) is 28.6 Å². The number of benzene rings is 2. The number of nitrogens with zero attached hydrogens (tertiary/aromatic N) is 2. The highest BCUT2D eigenvalue weighted by Gasteiger charge is 2.48. The van der Waals surface area contributed by atoms with Gasteiger partial charge in [0.1, 0.15) is 17.3 Å². The molecule has 0 saturated carbocycles. The molecule has 1 N–H and O–H groups in total. The van der Waals surface area contributed by atoms with Crippen LogP contribution in [0.15, 0.2) is 64.7 Å². The molecule has 1 aliphatic rings. The molecule has 2 aromatic carbocycles. The number of Topliss-reactive ketones (excluding diaryl/α,β-unsaturated/α-hetero) is 1. The van der Waals surface area contributed by atoms with Gasteiger partial charge < -0.3 is 14.4 Å². The zero-order valence-corrected chi connectivity index (χ0v) is 18.2. The second-order valence-electron chi connectivity index (χ2n) is 7.52. The number of ether oxygens (including phenoxy) is 1. The average molecular weight is 432 g/mol. The highest BCUT2D eigenvalue weighted by molar-refractivity contribution is 6.51. The molecule has 7 nitrogen and oxygen atoms in total. The number of aromatic nitrogens is 1. The van der Waals surface area contributed by atoms with E-state index in [1.54, 1.807) is 37.3 Å². The van der Waals surface area contributed by atoms with Crippen LogP contribution >= 0.6 is 0 Å². The maximum atomic E-state index is 13.1. The van der Waals surface area contributed by atoms with Gasteiger partial charge in [-0.1, -0.05) is 36.3 Å². The highest BCUT2D eigenvalue weighted by Crippen LogP contribution is 2.42. The SMILES string of the molecule is CCOc1ccc(C(O)=C2C(=O)C(=O)N(c3cc(C)on3)[C@H]2c2ccc(CC)cc2)cc1. The summed E-state index contributed by atoms with van der Waals surface area (Å²) in [7, 11) is 0. The molecule has 7 heteroatoms. The van der Waals surface area contributed by atoms with E-state index in [1.165, 1.54) is 4.90 Å². The number of aryl methyl sites for hydroxylation is 2. The fraction of sp³-hybridized carbons (Fsp3) is 0.240. The minimum Gasteiger partial charge on any atom is -0.507 e. The number of aliphatic hydroxyl groups is 1. The number of rotatable bonds is 6. The van der Waals surface area contributed by atoms with Crippen LogP contribution in [0.5, 0.6) is 5.75 Å². The summed E-state index contributed by atoms with van der Waals surface area (Å²) in [6, 6.07) is 15.1. The van der Waals surface area contributed by atoms with Gasteiger partial charge >= 0.3 is 5.91 Å². The van der Waals surface area contributed by atoms with Gasteiger partial charge in [0.2, 0.25) is 0 Å². The molecule has 1 amide bonds. The van der Waals surface area contributed by atoms with E-state index in [-0.39, 0.29) is 17.2 Å². The first-order chi connectivity index (χ1) is 15.4. The first-order valence-corrected chi connectivity index (χ1v) is 10.5. The molecule has 4 rings (SSSR count). The number of anilines is 1. The Hall–Kier alpha value is -3.87. The van der Waals surface area contributed by atoms with E-state index in [0.717, 1.165) is 12.0 Å². The number of aliphatic hydroxyl groups excluding tert-OH is 1. The summed E-state index contributed by atoms with van der Waals surface area (Å²) in [5.74, 6) is -0.418. The van der Waals surface area contributed by atoms with Crippen LogP contribution in [0.1, 0.15) is 42.3 Å². The maximum Gasteiger partial charge on any atom is 0.301 e. The van der Waals surface area contributed by atoms with Crippen molar-refractivity contribution in [3.63, 3.8) is 0 Å². The van der Waals surface area contributed by atoms with Crippen LogP contribution in [0.2, 0.25) is 0 Å². The van der Waals surface area contributed by atoms with Gasteiger partial charge in [-0.25, -0.2) is 0 Å². The van der Waals surface area contributed by atoms with Crippen molar-refractivity contribution in [1.29, 1.82) is 0 Å². The number of amides is 1. The normalized spacial score (nSPS) is 17.7. The van der Waals surface area contributed by atoms with Gasteiger partial charge in [-0.15, -0.1) is 0 Å². The Bertz CT molecular complexity index is 1180. The summed E-state index contributed by atoms with van der Waals surface area (Å²) in [6.45, 7) is 6.15. The number of hydrogen-bond donors (Lipinski definition) is 1. The van der Waals surface area contributed by atoms with E-state index in [0.29, 0.717) is 29.2 Å². The van der Waals surface area contributed by atoms with Crippen molar-refractivity contribution < 1.29 is 24.0 Å². The molecular formula is C25H24N2O5. The van der Waals surface area contributed by atoms with Crippen molar-refractivity contribution >= 4 is 23.3 Å². The summed E-state index contributed by atoms with van der Waals surface area (Å²) < 4.78 is 10.6. The molecule has 1 atom stereocenters. The van der Waals surface area contributed by atoms with Crippen LogP contribution in [0.25, 0.3) is 5.76 Å². The second kappa shape index (κ2) is 8.70. The maximum absolute atomic E-state index is 13.1. The lowest BCUT2D eigenvalue weighted by molar-refractivity contribution is -0.132. The second-order valence-corrected chi connectivity index (χ2v) is 7.52. The summed E-state index contributed by atoms with van der Waals surface area (Å²) in [5, 5.41) is 15.1. The van der Waals surface area contributed by atoms with Gasteiger partial charge in [0, 0.05) is 11.6 Å². The van der Waals surface area contributed by atoms with Crippen molar-refractivity contribution in [3.8, 4) is 5.75 Å². The van der Waals surface area contributed by atoms with E-state index < -0.39 is 17.7 Å². The molecule has 32 heavy (non-hydrogen) atoms. The summed E-state index contributed by atoms with van der Waals surface area (Å²) in [6.07, 6.45) is 0.856. The third-order valence-electron chi connectivity index (χ3n) is 5.45. The van der Waals surface area contributed by atoms with E-state index in [2.05, 4.69) is 5.16 Å². The Balaban J connectivity index is 1.86. The number of carbonyl (C=O) groups excluding carboxylic acids is 2. The Kier molecular flexibility index (Phi) is 5.81. The van der Waals surface area contributed by atoms with E-state index in [1.807, 2.05) is 38.1 Å². The summed E-state index contributed by atoms with van der Waals surface area (Å²) in [5.41, 5.74) is 2.23. The highest BCUT2D eigenvalue weighted by atomic mass is 16.5. The Morgan fingerprint density at radius 2 is 1.78 bits per heavy atom. The molecule has 0 bridgehead atoms. The van der Waals surface area contributed by atoms with Crippen LogP contribution in [0.3, 0.4) is 0 Å². The van der Waals surface area contributed by atoms with Gasteiger partial charge in [0.25, 0.3) is 5.78 Å². The Morgan fingerprint density at radius 3 is 2.34 bits per heavy atom. The minimum atomic E-state index is -0.836. The predicted octanol–water partition coefficient (Wildman–Crippen LogP) is 4.57. The Labute approximate surface area is 185 Å². The zero-order valence-electron chi connectivity index (χ0n) is 18.2. The van der Waals surface area contributed by atoms with Gasteiger partial charge in [0.05, 0.1) is 18.2 Å². The average Bonchev–Trinajstić information content (AvgIpc) is 3.34. The fourth-order valence-electron chi connectivity index (χ4n) is 3.82. The van der Waals surface area contributed by atoms with Crippen molar-refractivity contribution in [2.45, 2.75) is 33.2 Å². The first kappa shape index (κ1) is 21.4. The molecule has 1 fully saturated rings. The van der Waals surface area contributed by atoms with Gasteiger partial charge in [-0.3, -0.25) is 14.5 Å². The standard InChI is InChI=1S/C25H24N2O5/c1-4-16-6-8-17(9-7-16)22-21(23(28)18-10-12-19(13-11-18)31-5-2)24(29)25(30)27(22)20-14-15(3)32-26-20/h6-14,22,28H,4-5H2,1-3H3/t22-/m0/s1. The first-order valence-electron chi connectivity index (χ1n) is 10.5. The quantitative estimate of drug-likeness (QED) is 0.348. The molecular weight excluding hydrogens is 408 g/mol. The monoisotopic (exact) mass is 432 g/mol. The van der Waals surface area contributed by atoms with Crippen molar-refractivity contribution in [2.75, 3.05) is 11.5 Å². The lowest BCUT2D eigenvalue weighted by Gasteiger charge is -2.23. The van der Waals surface area contributed by atoms with Crippen LogP contribution in [0, 0.1) is 6.92 Å². The molecule has 0 unspecified atom stereocenters. The lowest BCUT2D eigenvalue weighted by atomic mass is 9.94. The van der Waals surface area contributed by atoms with Crippen molar-refractivity contribution in [2.24, 2.45) is 0 Å². The number of ketones is 1. The van der Waals surface area contributed by atoms with E-state index in [4.69, 9.17) is 9.26 Å². The molecule has 1 aliphatic heterocycles. The predicted molar refractivity (Wildman–Crippen MR) is 119 cm³/mol. The molecule has 164 valence electrons. The van der Waals surface area contributed by atoms with Gasteiger partial charge in [0.15, 0.2) is 5.82 Å². The lowest BCUT2D eigenvalue weighted by Crippen LogP contribution is -2.29. The van der Waals surface area contributed by atoms with Crippen LogP contribution in [-0.2, 0) is 16.0 Å². The fourth-order valence-corrected chi connectivity index (χ4v) is 3.82. The topological polar surface area (TPSA) is 92.9 Å². The van der Waals surface area contributed by atoms with E-state index >= 15 is 0 Å². The van der Waals surface area contributed by atoms with Gasteiger partial charge in [-0.05, 0) is 55.7 Å². The molecule has 2 heterocycles. The minimum absolute atomic E-state index is 0.00376. The Morgan fingerprint density at radius 1 is 1.09 bits per heavy atom. The van der Waals surface area contributed by atoms with Gasteiger partial charge in [-0.2, -0.15) is 0 Å². The zero-order chi connectivity index (χ0) is 22.8. The summed E-state index contributed by atoms with van der Waals surface area (Å²) in [4.78, 5) is 27.4. The third-order valence-corrected chi connectivity index (χ3v) is 5.45. The van der Waals surface area contributed by atoms with E-state index in [9.17, 15) is 14.7 Å². The number of hydrogen-bond acceptors (Lipinski definition) is 6. The molecule has 0 spiro atoms. The molecule has 1 aromatic heterocycles. The molecule has 1 saturated heterocycles. The number of carbonyl (C=O) groups is 2. The van der Waals surface area contributed by atoms with Crippen LogP contribution < -0.4 is 9.64 Å². The smallest absolute Gasteiger partial charge is 0.301 e. The third kappa shape index (κ3) is 3.77. The molecule has 3 aromatic rings. The van der Waals surface area contributed by atoms with Crippen LogP contribution in [0.4, 0.5) is 5.82 Å². The largest absolute Gasteiger partial charge is 0.507 e. The molecule has 0 radical (unpaired) electrons. The molecule has 0 aliphatic carbocycles. The van der Waals surface area contributed by atoms with Crippen molar-refractivity contribution in [1.82, 2.24) is 5.16 Å².